The molecule has 1 amide bonds. The average Bonchev–Trinajstić information content (AvgIpc) is 2.89. The third-order valence-corrected chi connectivity index (χ3v) is 5.22. The van der Waals surface area contributed by atoms with Crippen molar-refractivity contribution < 1.29 is 4.79 Å². The van der Waals surface area contributed by atoms with Crippen LogP contribution >= 0.6 is 23.4 Å². The van der Waals surface area contributed by atoms with Gasteiger partial charge in [-0.15, -0.1) is 0 Å². The van der Waals surface area contributed by atoms with E-state index in [-0.39, 0.29) is 5.91 Å². The zero-order valence-electron chi connectivity index (χ0n) is 10.9. The fourth-order valence-corrected chi connectivity index (χ4v) is 4.04. The number of fused-ring (bicyclic) bond motifs is 1. The monoisotopic (exact) mass is 293 g/mol. The summed E-state index contributed by atoms with van der Waals surface area (Å²) >= 11 is 8.02. The zero-order valence-corrected chi connectivity index (χ0v) is 12.4. The number of halogens is 1. The molecule has 1 saturated heterocycles. The molecule has 0 spiro atoms. The minimum absolute atomic E-state index is 0.113. The van der Waals surface area contributed by atoms with Crippen molar-refractivity contribution in [2.45, 2.75) is 24.6 Å². The lowest BCUT2D eigenvalue weighted by Gasteiger charge is -2.28. The molecule has 0 radical (unpaired) electrons. The van der Waals surface area contributed by atoms with Gasteiger partial charge in [-0.1, -0.05) is 23.7 Å². The van der Waals surface area contributed by atoms with Crippen LogP contribution in [-0.4, -0.2) is 28.9 Å². The third kappa shape index (κ3) is 2.54. The molecule has 3 rings (SSSR count). The fourth-order valence-electron chi connectivity index (χ4n) is 2.67. The van der Waals surface area contributed by atoms with Crippen LogP contribution in [0.2, 0.25) is 5.02 Å². The summed E-state index contributed by atoms with van der Waals surface area (Å²) in [5, 5.41) is 1.17. The first-order valence-electron chi connectivity index (χ1n) is 6.53. The van der Waals surface area contributed by atoms with Crippen LogP contribution in [0.4, 0.5) is 0 Å². The van der Waals surface area contributed by atoms with Crippen LogP contribution in [0.3, 0.4) is 0 Å². The maximum Gasteiger partial charge on any atom is 0.254 e. The lowest BCUT2D eigenvalue weighted by atomic mass is 9.93. The second kappa shape index (κ2) is 5.22. The first-order chi connectivity index (χ1) is 9.15. The number of nitrogens with zero attached hydrogens (tertiary/aromatic N) is 1. The Morgan fingerprint density at radius 1 is 1.47 bits per heavy atom. The van der Waals surface area contributed by atoms with E-state index >= 15 is 0 Å². The zero-order chi connectivity index (χ0) is 13.4. The van der Waals surface area contributed by atoms with Gasteiger partial charge in [0.1, 0.15) is 0 Å². The van der Waals surface area contributed by atoms with Gasteiger partial charge in [-0.3, -0.25) is 4.79 Å². The summed E-state index contributed by atoms with van der Waals surface area (Å²) in [6.07, 6.45) is 4.55. The van der Waals surface area contributed by atoms with Gasteiger partial charge in [-0.2, -0.15) is 11.8 Å². The van der Waals surface area contributed by atoms with Crippen molar-refractivity contribution in [3.8, 4) is 0 Å². The van der Waals surface area contributed by atoms with Crippen LogP contribution in [0.1, 0.15) is 24.0 Å². The van der Waals surface area contributed by atoms with E-state index in [1.807, 2.05) is 37.0 Å². The Kier molecular flexibility index (Phi) is 3.59. The van der Waals surface area contributed by atoms with Crippen molar-refractivity contribution in [2.75, 3.05) is 12.8 Å². The van der Waals surface area contributed by atoms with Gasteiger partial charge in [0.25, 0.3) is 5.91 Å². The Morgan fingerprint density at radius 2 is 2.32 bits per heavy atom. The number of hydrogen-bond acceptors (Lipinski definition) is 2. The number of likely N-dealkylation sites (N-methyl/N-ethyl adjacent to an activating group) is 1. The molecule has 1 fully saturated rings. The van der Waals surface area contributed by atoms with Gasteiger partial charge in [0.05, 0.1) is 0 Å². The van der Waals surface area contributed by atoms with E-state index < -0.39 is 0 Å². The van der Waals surface area contributed by atoms with Crippen molar-refractivity contribution in [2.24, 2.45) is 0 Å². The molecular weight excluding hydrogens is 278 g/mol. The Labute approximate surface area is 122 Å². The number of carbonyl (C=O) groups excluding carboxylic acids is 1. The smallest absolute Gasteiger partial charge is 0.254 e. The van der Waals surface area contributed by atoms with Crippen LogP contribution in [-0.2, 0) is 11.3 Å². The van der Waals surface area contributed by atoms with E-state index in [4.69, 9.17) is 11.6 Å². The number of hydrogen-bond donors (Lipinski definition) is 0. The number of rotatable bonds is 1. The summed E-state index contributed by atoms with van der Waals surface area (Å²) < 4.78 is 0. The van der Waals surface area contributed by atoms with Gasteiger partial charge >= 0.3 is 0 Å². The fraction of sp³-hybridized carbons (Fsp3) is 0.400. The summed E-state index contributed by atoms with van der Waals surface area (Å²) in [6, 6.07) is 5.84. The minimum atomic E-state index is 0.113. The summed E-state index contributed by atoms with van der Waals surface area (Å²) in [5.41, 5.74) is 3.02. The molecule has 0 aliphatic carbocycles. The van der Waals surface area contributed by atoms with Crippen molar-refractivity contribution in [1.29, 1.82) is 0 Å². The number of amides is 1. The Hall–Kier alpha value is -0.930. The second-order valence-corrected chi connectivity index (χ2v) is 6.88. The van der Waals surface area contributed by atoms with E-state index in [0.29, 0.717) is 16.8 Å². The van der Waals surface area contributed by atoms with Crippen LogP contribution in [0.25, 0.3) is 5.57 Å². The predicted octanol–water partition coefficient (Wildman–Crippen LogP) is 3.59. The largest absolute Gasteiger partial charge is 0.337 e. The highest BCUT2D eigenvalue weighted by Crippen LogP contribution is 2.34. The maximum absolute atomic E-state index is 12.4. The molecule has 0 N–H and O–H groups in total. The van der Waals surface area contributed by atoms with E-state index in [9.17, 15) is 4.79 Å². The first kappa shape index (κ1) is 13.1. The number of thioether (sulfide) groups is 1. The van der Waals surface area contributed by atoms with Gasteiger partial charge < -0.3 is 4.90 Å². The lowest BCUT2D eigenvalue weighted by molar-refractivity contribution is -0.124. The van der Waals surface area contributed by atoms with E-state index in [1.165, 1.54) is 24.2 Å². The minimum Gasteiger partial charge on any atom is -0.337 e. The highest BCUT2D eigenvalue weighted by atomic mass is 35.5. The molecule has 100 valence electrons. The highest BCUT2D eigenvalue weighted by Gasteiger charge is 2.27. The quantitative estimate of drug-likeness (QED) is 0.738. The molecule has 1 aromatic rings. The average molecular weight is 294 g/mol. The SMILES string of the molecule is CN1Cc2ccc(Cl)cc2/C(=C\C2CCCS2)C1=O. The van der Waals surface area contributed by atoms with Gasteiger partial charge in [-0.05, 0) is 41.9 Å². The molecule has 2 aliphatic rings. The molecule has 0 saturated carbocycles. The molecular formula is C15H16ClNOS. The lowest BCUT2D eigenvalue weighted by Crippen LogP contribution is -2.32. The van der Waals surface area contributed by atoms with Gasteiger partial charge in [0, 0.05) is 29.4 Å². The molecule has 1 atom stereocenters. The summed E-state index contributed by atoms with van der Waals surface area (Å²) in [4.78, 5) is 14.2. The molecule has 4 heteroatoms. The normalized spacial score (nSPS) is 24.9. The second-order valence-electron chi connectivity index (χ2n) is 5.09. The molecule has 1 aromatic carbocycles. The highest BCUT2D eigenvalue weighted by molar-refractivity contribution is 8.00. The molecule has 2 nitrogen and oxygen atoms in total. The van der Waals surface area contributed by atoms with Crippen LogP contribution in [0.5, 0.6) is 0 Å². The first-order valence-corrected chi connectivity index (χ1v) is 7.95. The van der Waals surface area contributed by atoms with Gasteiger partial charge in [-0.25, -0.2) is 0 Å². The van der Waals surface area contributed by atoms with Crippen LogP contribution in [0, 0.1) is 0 Å². The van der Waals surface area contributed by atoms with Crippen LogP contribution < -0.4 is 0 Å². The summed E-state index contributed by atoms with van der Waals surface area (Å²) in [6.45, 7) is 0.667. The van der Waals surface area contributed by atoms with E-state index in [1.54, 1.807) is 4.90 Å². The Balaban J connectivity index is 2.06. The Morgan fingerprint density at radius 3 is 3.05 bits per heavy atom. The van der Waals surface area contributed by atoms with E-state index in [0.717, 1.165) is 11.1 Å². The van der Waals surface area contributed by atoms with E-state index in [2.05, 4.69) is 6.08 Å². The van der Waals surface area contributed by atoms with Crippen molar-refractivity contribution in [3.05, 3.63) is 40.4 Å². The predicted molar refractivity (Wildman–Crippen MR) is 81.4 cm³/mol. The number of benzene rings is 1. The van der Waals surface area contributed by atoms with Crippen molar-refractivity contribution in [1.82, 2.24) is 4.90 Å². The summed E-state index contributed by atoms with van der Waals surface area (Å²) in [7, 11) is 1.86. The van der Waals surface area contributed by atoms with Gasteiger partial charge in [0.2, 0.25) is 0 Å². The Bertz CT molecular complexity index is 549. The number of carbonyl (C=O) groups is 1. The molecule has 1 unspecified atom stereocenters. The summed E-state index contributed by atoms with van der Waals surface area (Å²) in [5.74, 6) is 1.31. The maximum atomic E-state index is 12.4. The molecule has 19 heavy (non-hydrogen) atoms. The van der Waals surface area contributed by atoms with Gasteiger partial charge in [0.15, 0.2) is 0 Å². The molecule has 2 aliphatic heterocycles. The standard InChI is InChI=1S/C15H16ClNOS/c1-17-9-10-4-5-11(16)7-13(10)14(15(17)18)8-12-3-2-6-19-12/h4-5,7-8,12H,2-3,6,9H2,1H3/b14-8+. The third-order valence-electron chi connectivity index (χ3n) is 3.66. The van der Waals surface area contributed by atoms with Crippen LogP contribution in [0.15, 0.2) is 24.3 Å². The van der Waals surface area contributed by atoms with Crippen molar-refractivity contribution in [3.63, 3.8) is 0 Å². The molecule has 0 aromatic heterocycles. The molecule has 2 heterocycles. The topological polar surface area (TPSA) is 20.3 Å². The van der Waals surface area contributed by atoms with Crippen molar-refractivity contribution >= 4 is 34.8 Å². The molecule has 0 bridgehead atoms.